The van der Waals surface area contributed by atoms with Crippen LogP contribution in [0.3, 0.4) is 0 Å². The van der Waals surface area contributed by atoms with Gasteiger partial charge in [0.05, 0.1) is 6.04 Å². The van der Waals surface area contributed by atoms with Gasteiger partial charge in [-0.1, -0.05) is 18.2 Å². The van der Waals surface area contributed by atoms with E-state index in [1.807, 2.05) is 12.1 Å². The van der Waals surface area contributed by atoms with Gasteiger partial charge in [-0.05, 0) is 28.8 Å². The number of hydrogen-bond acceptors (Lipinski definition) is 5. The molecule has 3 N–H and O–H groups in total. The van der Waals surface area contributed by atoms with E-state index in [0.717, 1.165) is 6.42 Å². The van der Waals surface area contributed by atoms with E-state index in [4.69, 9.17) is 15.3 Å². The Bertz CT molecular complexity index is 496. The first-order valence-corrected chi connectivity index (χ1v) is 6.65. The molecule has 2 aromatic rings. The van der Waals surface area contributed by atoms with Gasteiger partial charge in [-0.3, -0.25) is 11.3 Å². The maximum absolute atomic E-state index is 5.58. The maximum atomic E-state index is 5.58. The van der Waals surface area contributed by atoms with Gasteiger partial charge in [-0.15, -0.1) is 11.3 Å². The van der Waals surface area contributed by atoms with E-state index in [0.29, 0.717) is 0 Å². The van der Waals surface area contributed by atoms with Crippen LogP contribution < -0.4 is 11.3 Å². The SMILES string of the molecule is COC(OC)C(Cc1csc2ccccc12)NN. The van der Waals surface area contributed by atoms with Gasteiger partial charge < -0.3 is 9.47 Å². The lowest BCUT2D eigenvalue weighted by Gasteiger charge is -2.23. The molecule has 1 unspecified atom stereocenters. The summed E-state index contributed by atoms with van der Waals surface area (Å²) >= 11 is 1.74. The Labute approximate surface area is 111 Å². The molecule has 0 saturated heterocycles. The second-order valence-corrected chi connectivity index (χ2v) is 4.99. The topological polar surface area (TPSA) is 56.5 Å². The lowest BCUT2D eigenvalue weighted by Crippen LogP contribution is -2.47. The minimum atomic E-state index is -0.353. The Balaban J connectivity index is 2.21. The third kappa shape index (κ3) is 2.71. The van der Waals surface area contributed by atoms with Gasteiger partial charge in [0, 0.05) is 18.9 Å². The number of thiophene rings is 1. The molecule has 1 aromatic carbocycles. The zero-order chi connectivity index (χ0) is 13.0. The van der Waals surface area contributed by atoms with Crippen LogP contribution in [-0.2, 0) is 15.9 Å². The predicted molar refractivity (Wildman–Crippen MR) is 74.4 cm³/mol. The van der Waals surface area contributed by atoms with Crippen LogP contribution in [-0.4, -0.2) is 26.6 Å². The molecule has 0 fully saturated rings. The molecule has 0 aliphatic carbocycles. The first-order chi connectivity index (χ1) is 8.80. The standard InChI is InChI=1S/C13H18N2O2S/c1-16-13(17-2)11(15-14)7-9-8-18-12-6-4-3-5-10(9)12/h3-6,8,11,13,15H,7,14H2,1-2H3. The third-order valence-electron chi connectivity index (χ3n) is 3.01. The number of hydrogen-bond donors (Lipinski definition) is 2. The fraction of sp³-hybridized carbons (Fsp3) is 0.385. The van der Waals surface area contributed by atoms with E-state index in [2.05, 4.69) is 22.9 Å². The molecule has 0 amide bonds. The van der Waals surface area contributed by atoms with Gasteiger partial charge in [-0.2, -0.15) is 0 Å². The summed E-state index contributed by atoms with van der Waals surface area (Å²) in [7, 11) is 3.23. The van der Waals surface area contributed by atoms with Crippen molar-refractivity contribution in [1.29, 1.82) is 0 Å². The van der Waals surface area contributed by atoms with Crippen LogP contribution in [0, 0.1) is 0 Å². The minimum absolute atomic E-state index is 0.0713. The van der Waals surface area contributed by atoms with Crippen LogP contribution in [0.1, 0.15) is 5.56 Å². The molecule has 1 aromatic heterocycles. The summed E-state index contributed by atoms with van der Waals surface area (Å²) in [4.78, 5) is 0. The molecule has 18 heavy (non-hydrogen) atoms. The van der Waals surface area contributed by atoms with Crippen molar-refractivity contribution in [3.8, 4) is 0 Å². The second kappa shape index (κ2) is 6.26. The fourth-order valence-electron chi connectivity index (χ4n) is 2.09. The molecule has 0 aliphatic heterocycles. The van der Waals surface area contributed by atoms with Crippen molar-refractivity contribution in [3.05, 3.63) is 35.2 Å². The zero-order valence-corrected chi connectivity index (χ0v) is 11.4. The first kappa shape index (κ1) is 13.5. The van der Waals surface area contributed by atoms with Crippen molar-refractivity contribution >= 4 is 21.4 Å². The summed E-state index contributed by atoms with van der Waals surface area (Å²) in [5, 5.41) is 3.44. The summed E-state index contributed by atoms with van der Waals surface area (Å²) in [6, 6.07) is 8.28. The molecule has 0 bridgehead atoms. The van der Waals surface area contributed by atoms with Crippen molar-refractivity contribution in [2.75, 3.05) is 14.2 Å². The van der Waals surface area contributed by atoms with E-state index in [9.17, 15) is 0 Å². The molecule has 0 aliphatic rings. The van der Waals surface area contributed by atoms with Gasteiger partial charge in [0.2, 0.25) is 0 Å². The summed E-state index contributed by atoms with van der Waals surface area (Å²) in [6.07, 6.45) is 0.418. The lowest BCUT2D eigenvalue weighted by atomic mass is 10.1. The Morgan fingerprint density at radius 3 is 2.67 bits per heavy atom. The number of ether oxygens (including phenoxy) is 2. The number of rotatable bonds is 6. The van der Waals surface area contributed by atoms with Crippen LogP contribution in [0.2, 0.25) is 0 Å². The molecule has 0 radical (unpaired) electrons. The number of fused-ring (bicyclic) bond motifs is 1. The molecular formula is C13H18N2O2S. The highest BCUT2D eigenvalue weighted by atomic mass is 32.1. The summed E-state index contributed by atoms with van der Waals surface area (Å²) in [5.74, 6) is 5.58. The van der Waals surface area contributed by atoms with Gasteiger partial charge in [0.25, 0.3) is 0 Å². The molecule has 2 rings (SSSR count). The number of hydrazine groups is 1. The van der Waals surface area contributed by atoms with Crippen molar-refractivity contribution in [1.82, 2.24) is 5.43 Å². The first-order valence-electron chi connectivity index (χ1n) is 5.77. The molecular weight excluding hydrogens is 248 g/mol. The van der Waals surface area contributed by atoms with Crippen LogP contribution in [0.25, 0.3) is 10.1 Å². The zero-order valence-electron chi connectivity index (χ0n) is 10.6. The normalized spacial score (nSPS) is 13.3. The van der Waals surface area contributed by atoms with E-state index < -0.39 is 0 Å². The van der Waals surface area contributed by atoms with Gasteiger partial charge in [0.1, 0.15) is 0 Å². The summed E-state index contributed by atoms with van der Waals surface area (Å²) in [5.41, 5.74) is 4.02. The monoisotopic (exact) mass is 266 g/mol. The average Bonchev–Trinajstić information content (AvgIpc) is 2.82. The molecule has 98 valence electrons. The molecule has 1 heterocycles. The highest BCUT2D eigenvalue weighted by molar-refractivity contribution is 7.17. The molecule has 4 nitrogen and oxygen atoms in total. The Kier molecular flexibility index (Phi) is 4.68. The largest absolute Gasteiger partial charge is 0.354 e. The van der Waals surface area contributed by atoms with Gasteiger partial charge >= 0.3 is 0 Å². The van der Waals surface area contributed by atoms with Gasteiger partial charge in [0.15, 0.2) is 6.29 Å². The lowest BCUT2D eigenvalue weighted by molar-refractivity contribution is -0.122. The quantitative estimate of drug-likeness (QED) is 0.476. The van der Waals surface area contributed by atoms with E-state index >= 15 is 0 Å². The number of methoxy groups -OCH3 is 2. The molecule has 0 spiro atoms. The fourth-order valence-corrected chi connectivity index (χ4v) is 3.06. The second-order valence-electron chi connectivity index (χ2n) is 4.07. The molecule has 1 atom stereocenters. The van der Waals surface area contributed by atoms with Crippen LogP contribution in [0.4, 0.5) is 0 Å². The Morgan fingerprint density at radius 1 is 1.28 bits per heavy atom. The van der Waals surface area contributed by atoms with E-state index in [-0.39, 0.29) is 12.3 Å². The van der Waals surface area contributed by atoms with Crippen LogP contribution in [0.15, 0.2) is 29.6 Å². The Hall–Kier alpha value is -0.980. The summed E-state index contributed by atoms with van der Waals surface area (Å²) in [6.45, 7) is 0. The van der Waals surface area contributed by atoms with Crippen molar-refractivity contribution < 1.29 is 9.47 Å². The number of nitrogens with one attached hydrogen (secondary N) is 1. The van der Waals surface area contributed by atoms with Crippen LogP contribution >= 0.6 is 11.3 Å². The summed E-state index contributed by atoms with van der Waals surface area (Å²) < 4.78 is 11.8. The smallest absolute Gasteiger partial charge is 0.173 e. The van der Waals surface area contributed by atoms with E-state index in [1.165, 1.54) is 15.6 Å². The van der Waals surface area contributed by atoms with Crippen molar-refractivity contribution in [2.24, 2.45) is 5.84 Å². The molecule has 0 saturated carbocycles. The number of benzene rings is 1. The van der Waals surface area contributed by atoms with Crippen molar-refractivity contribution in [2.45, 2.75) is 18.8 Å². The van der Waals surface area contributed by atoms with Gasteiger partial charge in [-0.25, -0.2) is 0 Å². The Morgan fingerprint density at radius 2 is 2.00 bits per heavy atom. The minimum Gasteiger partial charge on any atom is -0.354 e. The highest BCUT2D eigenvalue weighted by Crippen LogP contribution is 2.27. The highest BCUT2D eigenvalue weighted by Gasteiger charge is 2.21. The molecule has 5 heteroatoms. The third-order valence-corrected chi connectivity index (χ3v) is 4.02. The maximum Gasteiger partial charge on any atom is 0.173 e. The van der Waals surface area contributed by atoms with Crippen LogP contribution in [0.5, 0.6) is 0 Å². The number of nitrogens with two attached hydrogens (primary N) is 1. The average molecular weight is 266 g/mol. The van der Waals surface area contributed by atoms with E-state index in [1.54, 1.807) is 25.6 Å². The predicted octanol–water partition coefficient (Wildman–Crippen LogP) is 1.89. The van der Waals surface area contributed by atoms with Crippen molar-refractivity contribution in [3.63, 3.8) is 0 Å².